The monoisotopic (exact) mass is 307 g/mol. The first kappa shape index (κ1) is 15.4. The molecule has 1 unspecified atom stereocenters. The van der Waals surface area contributed by atoms with Crippen molar-refractivity contribution in [2.24, 2.45) is 0 Å². The Balaban J connectivity index is 1.81. The number of likely N-dealkylation sites (N-methyl/N-ethyl adjacent to an activating group) is 1. The zero-order valence-electron chi connectivity index (χ0n) is 13.5. The van der Waals surface area contributed by atoms with Crippen LogP contribution >= 0.6 is 11.3 Å². The van der Waals surface area contributed by atoms with Crippen molar-refractivity contribution in [3.05, 3.63) is 16.1 Å². The summed E-state index contributed by atoms with van der Waals surface area (Å²) in [6.07, 6.45) is 9.39. The van der Waals surface area contributed by atoms with Crippen molar-refractivity contribution in [1.29, 1.82) is 0 Å². The second kappa shape index (κ2) is 6.76. The molecule has 2 heterocycles. The largest absolute Gasteiger partial charge is 0.312 e. The van der Waals surface area contributed by atoms with Crippen LogP contribution in [-0.4, -0.2) is 41.1 Å². The molecule has 3 nitrogen and oxygen atoms in total. The van der Waals surface area contributed by atoms with Gasteiger partial charge >= 0.3 is 0 Å². The Kier molecular flexibility index (Phi) is 4.97. The van der Waals surface area contributed by atoms with E-state index in [2.05, 4.69) is 29.4 Å². The number of rotatable bonds is 6. The van der Waals surface area contributed by atoms with Gasteiger partial charge in [0.1, 0.15) is 0 Å². The van der Waals surface area contributed by atoms with E-state index in [0.29, 0.717) is 11.6 Å². The molecule has 0 bridgehead atoms. The number of thiazole rings is 1. The third-order valence-electron chi connectivity index (χ3n) is 5.38. The zero-order chi connectivity index (χ0) is 14.7. The van der Waals surface area contributed by atoms with Crippen LogP contribution in [-0.2, 0) is 6.42 Å². The van der Waals surface area contributed by atoms with Crippen LogP contribution in [0.1, 0.15) is 56.2 Å². The quantitative estimate of drug-likeness (QED) is 0.873. The van der Waals surface area contributed by atoms with Crippen LogP contribution in [0.15, 0.2) is 5.38 Å². The van der Waals surface area contributed by atoms with Gasteiger partial charge in [-0.25, -0.2) is 4.98 Å². The van der Waals surface area contributed by atoms with Gasteiger partial charge in [-0.3, -0.25) is 4.90 Å². The molecular weight excluding hydrogens is 278 g/mol. The van der Waals surface area contributed by atoms with Gasteiger partial charge in [-0.15, -0.1) is 11.3 Å². The topological polar surface area (TPSA) is 28.2 Å². The van der Waals surface area contributed by atoms with Crippen LogP contribution < -0.4 is 5.32 Å². The van der Waals surface area contributed by atoms with E-state index >= 15 is 0 Å². The van der Waals surface area contributed by atoms with E-state index in [1.807, 2.05) is 0 Å². The molecule has 21 heavy (non-hydrogen) atoms. The van der Waals surface area contributed by atoms with E-state index < -0.39 is 0 Å². The number of hydrogen-bond acceptors (Lipinski definition) is 4. The molecule has 0 spiro atoms. The Bertz CT molecular complexity index is 445. The van der Waals surface area contributed by atoms with Crippen molar-refractivity contribution < 1.29 is 0 Å². The molecule has 1 aliphatic carbocycles. The molecular formula is C17H29N3S. The molecule has 118 valence electrons. The van der Waals surface area contributed by atoms with Crippen LogP contribution in [0.3, 0.4) is 0 Å². The highest BCUT2D eigenvalue weighted by Crippen LogP contribution is 2.41. The molecule has 1 atom stereocenters. The summed E-state index contributed by atoms with van der Waals surface area (Å²) in [5.41, 5.74) is 1.68. The second-order valence-corrected chi connectivity index (χ2v) is 7.74. The summed E-state index contributed by atoms with van der Waals surface area (Å²) < 4.78 is 0. The minimum atomic E-state index is 0.393. The molecule has 1 N–H and O–H groups in total. The lowest BCUT2D eigenvalue weighted by Crippen LogP contribution is -2.60. The Labute approximate surface area is 133 Å². The summed E-state index contributed by atoms with van der Waals surface area (Å²) >= 11 is 1.79. The highest BCUT2D eigenvalue weighted by Gasteiger charge is 2.46. The lowest BCUT2D eigenvalue weighted by Gasteiger charge is -2.45. The van der Waals surface area contributed by atoms with Gasteiger partial charge in [-0.05, 0) is 52.2 Å². The van der Waals surface area contributed by atoms with Gasteiger partial charge in [0.2, 0.25) is 0 Å². The lowest BCUT2D eigenvalue weighted by atomic mass is 9.83. The average molecular weight is 308 g/mol. The predicted molar refractivity (Wildman–Crippen MR) is 90.0 cm³/mol. The summed E-state index contributed by atoms with van der Waals surface area (Å²) in [5.74, 6) is 0. The molecule has 0 radical (unpaired) electrons. The SMILES string of the molecule is CCNC(Cc1csc(C)n1)C1(N2CCCC2)CCCC1. The van der Waals surface area contributed by atoms with Crippen molar-refractivity contribution >= 4 is 11.3 Å². The first-order valence-electron chi connectivity index (χ1n) is 8.64. The van der Waals surface area contributed by atoms with E-state index in [1.54, 1.807) is 11.3 Å². The standard InChI is InChI=1S/C17H29N3S/c1-3-18-16(12-15-13-21-14(2)19-15)17(8-4-5-9-17)20-10-6-7-11-20/h13,16,18H,3-12H2,1-2H3. The average Bonchev–Trinajstić information content (AvgIpc) is 3.20. The molecule has 1 saturated heterocycles. The van der Waals surface area contributed by atoms with Crippen LogP contribution in [0.4, 0.5) is 0 Å². The van der Waals surface area contributed by atoms with Crippen molar-refractivity contribution in [3.8, 4) is 0 Å². The van der Waals surface area contributed by atoms with E-state index in [4.69, 9.17) is 4.98 Å². The van der Waals surface area contributed by atoms with Gasteiger partial charge < -0.3 is 5.32 Å². The van der Waals surface area contributed by atoms with Crippen LogP contribution in [0.5, 0.6) is 0 Å². The van der Waals surface area contributed by atoms with Crippen molar-refractivity contribution in [1.82, 2.24) is 15.2 Å². The predicted octanol–water partition coefficient (Wildman–Crippen LogP) is 3.38. The van der Waals surface area contributed by atoms with Gasteiger partial charge in [-0.1, -0.05) is 19.8 Å². The minimum Gasteiger partial charge on any atom is -0.312 e. The number of aromatic nitrogens is 1. The third-order valence-corrected chi connectivity index (χ3v) is 6.21. The molecule has 1 aromatic heterocycles. The van der Waals surface area contributed by atoms with Crippen LogP contribution in [0.2, 0.25) is 0 Å². The Morgan fingerprint density at radius 1 is 1.29 bits per heavy atom. The highest BCUT2D eigenvalue weighted by molar-refractivity contribution is 7.09. The number of aryl methyl sites for hydroxylation is 1. The number of likely N-dealkylation sites (tertiary alicyclic amines) is 1. The number of nitrogens with one attached hydrogen (secondary N) is 1. The maximum absolute atomic E-state index is 4.72. The molecule has 1 aromatic rings. The highest BCUT2D eigenvalue weighted by atomic mass is 32.1. The van der Waals surface area contributed by atoms with E-state index in [9.17, 15) is 0 Å². The first-order valence-corrected chi connectivity index (χ1v) is 9.52. The zero-order valence-corrected chi connectivity index (χ0v) is 14.3. The summed E-state index contributed by atoms with van der Waals surface area (Å²) in [7, 11) is 0. The summed E-state index contributed by atoms with van der Waals surface area (Å²) in [6.45, 7) is 8.02. The lowest BCUT2D eigenvalue weighted by molar-refractivity contribution is 0.0769. The summed E-state index contributed by atoms with van der Waals surface area (Å²) in [4.78, 5) is 7.53. The van der Waals surface area contributed by atoms with Gasteiger partial charge in [0.15, 0.2) is 0 Å². The molecule has 0 amide bonds. The fourth-order valence-corrected chi connectivity index (χ4v) is 5.07. The molecule has 1 saturated carbocycles. The smallest absolute Gasteiger partial charge is 0.0897 e. The molecule has 2 aliphatic rings. The van der Waals surface area contributed by atoms with Gasteiger partial charge in [0, 0.05) is 23.4 Å². The normalized spacial score (nSPS) is 23.7. The fraction of sp³-hybridized carbons (Fsp3) is 0.824. The van der Waals surface area contributed by atoms with E-state index in [-0.39, 0.29) is 0 Å². The second-order valence-electron chi connectivity index (χ2n) is 6.68. The van der Waals surface area contributed by atoms with Crippen molar-refractivity contribution in [2.45, 2.75) is 70.4 Å². The first-order chi connectivity index (χ1) is 10.2. The van der Waals surface area contributed by atoms with E-state index in [0.717, 1.165) is 13.0 Å². The van der Waals surface area contributed by atoms with Gasteiger partial charge in [-0.2, -0.15) is 0 Å². The molecule has 1 aliphatic heterocycles. The van der Waals surface area contributed by atoms with Crippen LogP contribution in [0.25, 0.3) is 0 Å². The molecule has 0 aromatic carbocycles. The summed E-state index contributed by atoms with van der Waals surface area (Å²) in [5, 5.41) is 7.28. The molecule has 4 heteroatoms. The van der Waals surface area contributed by atoms with Crippen molar-refractivity contribution in [3.63, 3.8) is 0 Å². The van der Waals surface area contributed by atoms with Gasteiger partial charge in [0.05, 0.1) is 10.7 Å². The molecule has 3 rings (SSSR count). The summed E-state index contributed by atoms with van der Waals surface area (Å²) in [6, 6.07) is 0.560. The Hall–Kier alpha value is -0.450. The van der Waals surface area contributed by atoms with Gasteiger partial charge in [0.25, 0.3) is 0 Å². The third kappa shape index (κ3) is 3.17. The minimum absolute atomic E-state index is 0.393. The maximum Gasteiger partial charge on any atom is 0.0897 e. The van der Waals surface area contributed by atoms with Crippen molar-refractivity contribution in [2.75, 3.05) is 19.6 Å². The fourth-order valence-electron chi connectivity index (χ4n) is 4.44. The van der Waals surface area contributed by atoms with Crippen LogP contribution in [0, 0.1) is 6.92 Å². The number of nitrogens with zero attached hydrogens (tertiary/aromatic N) is 2. The Morgan fingerprint density at radius 2 is 2.00 bits per heavy atom. The maximum atomic E-state index is 4.72. The Morgan fingerprint density at radius 3 is 2.57 bits per heavy atom. The van der Waals surface area contributed by atoms with E-state index in [1.165, 1.54) is 62.3 Å². The number of hydrogen-bond donors (Lipinski definition) is 1. The molecule has 2 fully saturated rings.